The maximum atomic E-state index is 12.5. The fourth-order valence-corrected chi connectivity index (χ4v) is 4.42. The zero-order chi connectivity index (χ0) is 19.9. The number of anilines is 1. The van der Waals surface area contributed by atoms with Crippen LogP contribution in [0.25, 0.3) is 10.9 Å². The standard InChI is InChI=1S/C20H19N3O4S/c1-12-2-4-18-14(8-12)9-13(20(25)23-18)6-7-21-28(26,27)16-3-5-17-15(10-16)11-19(24)22-17/h2-5,8-10,21H,6-7,11H2,1H3,(H,22,24)(H,23,25). The number of hydrogen-bond donors (Lipinski definition) is 3. The molecule has 144 valence electrons. The molecule has 8 heteroatoms. The summed E-state index contributed by atoms with van der Waals surface area (Å²) in [5.41, 5.74) is 3.43. The molecule has 0 atom stereocenters. The van der Waals surface area contributed by atoms with E-state index >= 15 is 0 Å². The highest BCUT2D eigenvalue weighted by molar-refractivity contribution is 7.89. The van der Waals surface area contributed by atoms with Gasteiger partial charge >= 0.3 is 0 Å². The van der Waals surface area contributed by atoms with Gasteiger partial charge in [0, 0.05) is 23.3 Å². The van der Waals surface area contributed by atoms with Gasteiger partial charge in [-0.3, -0.25) is 9.59 Å². The summed E-state index contributed by atoms with van der Waals surface area (Å²) in [6, 6.07) is 12.1. The summed E-state index contributed by atoms with van der Waals surface area (Å²) in [6.45, 7) is 2.06. The van der Waals surface area contributed by atoms with Gasteiger partial charge in [-0.05, 0) is 60.7 Å². The maximum absolute atomic E-state index is 12.5. The molecule has 2 heterocycles. The van der Waals surface area contributed by atoms with Crippen molar-refractivity contribution in [1.82, 2.24) is 9.71 Å². The monoisotopic (exact) mass is 397 g/mol. The van der Waals surface area contributed by atoms with Crippen LogP contribution in [0.15, 0.2) is 52.2 Å². The minimum atomic E-state index is -3.73. The first-order valence-corrected chi connectivity index (χ1v) is 10.4. The highest BCUT2D eigenvalue weighted by Gasteiger charge is 2.21. The van der Waals surface area contributed by atoms with Crippen LogP contribution < -0.4 is 15.6 Å². The Balaban J connectivity index is 1.50. The lowest BCUT2D eigenvalue weighted by molar-refractivity contribution is -0.115. The third-order valence-electron chi connectivity index (χ3n) is 4.78. The molecular weight excluding hydrogens is 378 g/mol. The number of H-pyrrole nitrogens is 1. The number of pyridine rings is 1. The number of sulfonamides is 1. The summed E-state index contributed by atoms with van der Waals surface area (Å²) in [5, 5.41) is 3.58. The van der Waals surface area contributed by atoms with Gasteiger partial charge < -0.3 is 10.3 Å². The zero-order valence-electron chi connectivity index (χ0n) is 15.2. The molecule has 2 aromatic carbocycles. The van der Waals surface area contributed by atoms with Crippen LogP contribution in [0.4, 0.5) is 5.69 Å². The molecule has 0 unspecified atom stereocenters. The van der Waals surface area contributed by atoms with E-state index in [4.69, 9.17) is 0 Å². The molecule has 0 spiro atoms. The molecule has 1 amide bonds. The highest BCUT2D eigenvalue weighted by Crippen LogP contribution is 2.25. The Morgan fingerprint density at radius 3 is 2.71 bits per heavy atom. The number of hydrogen-bond acceptors (Lipinski definition) is 4. The summed E-state index contributed by atoms with van der Waals surface area (Å²) >= 11 is 0. The molecule has 1 aliphatic rings. The lowest BCUT2D eigenvalue weighted by Crippen LogP contribution is -2.27. The number of carbonyl (C=O) groups excluding carboxylic acids is 1. The van der Waals surface area contributed by atoms with Gasteiger partial charge in [0.1, 0.15) is 0 Å². The van der Waals surface area contributed by atoms with Gasteiger partial charge in [0.15, 0.2) is 0 Å². The van der Waals surface area contributed by atoms with Crippen LogP contribution in [0.2, 0.25) is 0 Å². The molecular formula is C20H19N3O4S. The number of aromatic nitrogens is 1. The smallest absolute Gasteiger partial charge is 0.251 e. The Hall–Kier alpha value is -2.97. The van der Waals surface area contributed by atoms with Crippen LogP contribution in [0, 0.1) is 6.92 Å². The second kappa shape index (κ2) is 6.88. The number of nitrogens with one attached hydrogen (secondary N) is 3. The molecule has 0 saturated carbocycles. The number of fused-ring (bicyclic) bond motifs is 2. The second-order valence-electron chi connectivity index (χ2n) is 6.91. The predicted octanol–water partition coefficient (Wildman–Crippen LogP) is 1.85. The van der Waals surface area contributed by atoms with Crippen LogP contribution in [0.1, 0.15) is 16.7 Å². The van der Waals surface area contributed by atoms with Gasteiger partial charge in [0.05, 0.1) is 11.3 Å². The van der Waals surface area contributed by atoms with E-state index in [0.29, 0.717) is 16.8 Å². The van der Waals surface area contributed by atoms with Crippen molar-refractivity contribution in [3.8, 4) is 0 Å². The normalized spacial score (nSPS) is 13.5. The van der Waals surface area contributed by atoms with Crippen molar-refractivity contribution < 1.29 is 13.2 Å². The van der Waals surface area contributed by atoms with E-state index in [9.17, 15) is 18.0 Å². The zero-order valence-corrected chi connectivity index (χ0v) is 16.0. The topological polar surface area (TPSA) is 108 Å². The van der Waals surface area contributed by atoms with E-state index in [1.54, 1.807) is 12.1 Å². The Labute approximate surface area is 161 Å². The van der Waals surface area contributed by atoms with Crippen molar-refractivity contribution in [3.05, 3.63) is 69.5 Å². The van der Waals surface area contributed by atoms with Gasteiger partial charge in [-0.15, -0.1) is 0 Å². The van der Waals surface area contributed by atoms with Crippen molar-refractivity contribution in [2.75, 3.05) is 11.9 Å². The van der Waals surface area contributed by atoms with Crippen molar-refractivity contribution in [1.29, 1.82) is 0 Å². The van der Waals surface area contributed by atoms with Crippen LogP contribution >= 0.6 is 0 Å². The quantitative estimate of drug-likeness (QED) is 0.611. The molecule has 0 fully saturated rings. The van der Waals surface area contributed by atoms with E-state index in [1.807, 2.05) is 25.1 Å². The molecule has 1 aliphatic heterocycles. The molecule has 0 radical (unpaired) electrons. The summed E-state index contributed by atoms with van der Waals surface area (Å²) in [4.78, 5) is 26.6. The molecule has 3 aromatic rings. The third kappa shape index (κ3) is 3.56. The maximum Gasteiger partial charge on any atom is 0.251 e. The van der Waals surface area contributed by atoms with Gasteiger partial charge in [-0.2, -0.15) is 0 Å². The molecule has 0 aliphatic carbocycles. The van der Waals surface area contributed by atoms with Crippen LogP contribution in [-0.4, -0.2) is 25.9 Å². The summed E-state index contributed by atoms with van der Waals surface area (Å²) in [7, 11) is -3.73. The van der Waals surface area contributed by atoms with E-state index in [1.165, 1.54) is 12.1 Å². The second-order valence-corrected chi connectivity index (χ2v) is 8.67. The van der Waals surface area contributed by atoms with Crippen LogP contribution in [-0.2, 0) is 27.7 Å². The van der Waals surface area contributed by atoms with Crippen LogP contribution in [0.5, 0.6) is 0 Å². The first-order valence-electron chi connectivity index (χ1n) is 8.87. The minimum absolute atomic E-state index is 0.0942. The van der Waals surface area contributed by atoms with Gasteiger partial charge in [-0.25, -0.2) is 13.1 Å². The Bertz CT molecular complexity index is 1260. The van der Waals surface area contributed by atoms with Crippen molar-refractivity contribution in [3.63, 3.8) is 0 Å². The number of aryl methyl sites for hydroxylation is 1. The molecule has 0 saturated heterocycles. The largest absolute Gasteiger partial charge is 0.326 e. The van der Waals surface area contributed by atoms with E-state index < -0.39 is 10.0 Å². The van der Waals surface area contributed by atoms with Crippen LogP contribution in [0.3, 0.4) is 0 Å². The number of rotatable bonds is 5. The summed E-state index contributed by atoms with van der Waals surface area (Å²) < 4.78 is 27.6. The Morgan fingerprint density at radius 1 is 1.07 bits per heavy atom. The minimum Gasteiger partial charge on any atom is -0.326 e. The molecule has 0 bridgehead atoms. The van der Waals surface area contributed by atoms with Crippen molar-refractivity contribution >= 4 is 32.5 Å². The summed E-state index contributed by atoms with van der Waals surface area (Å²) in [6.07, 6.45) is 0.438. The average molecular weight is 397 g/mol. The number of amides is 1. The van der Waals surface area contributed by atoms with Gasteiger partial charge in [0.25, 0.3) is 5.56 Å². The van der Waals surface area contributed by atoms with Gasteiger partial charge in [0.2, 0.25) is 15.9 Å². The lowest BCUT2D eigenvalue weighted by Gasteiger charge is -2.09. The number of benzene rings is 2. The predicted molar refractivity (Wildman–Crippen MR) is 107 cm³/mol. The number of aromatic amines is 1. The molecule has 4 rings (SSSR count). The fraction of sp³-hybridized carbons (Fsp3) is 0.200. The van der Waals surface area contributed by atoms with E-state index in [-0.39, 0.29) is 35.7 Å². The lowest BCUT2D eigenvalue weighted by atomic mass is 10.1. The Morgan fingerprint density at radius 2 is 1.89 bits per heavy atom. The van der Waals surface area contributed by atoms with E-state index in [0.717, 1.165) is 16.5 Å². The number of carbonyl (C=O) groups is 1. The highest BCUT2D eigenvalue weighted by atomic mass is 32.2. The van der Waals surface area contributed by atoms with Crippen molar-refractivity contribution in [2.24, 2.45) is 0 Å². The molecule has 3 N–H and O–H groups in total. The van der Waals surface area contributed by atoms with Gasteiger partial charge in [-0.1, -0.05) is 11.6 Å². The first-order chi connectivity index (χ1) is 13.3. The van der Waals surface area contributed by atoms with Crippen molar-refractivity contribution in [2.45, 2.75) is 24.7 Å². The molecule has 28 heavy (non-hydrogen) atoms. The SMILES string of the molecule is Cc1ccc2[nH]c(=O)c(CCNS(=O)(=O)c3ccc4c(c3)CC(=O)N4)cc2c1. The average Bonchev–Trinajstić information content (AvgIpc) is 3.01. The molecule has 1 aromatic heterocycles. The van der Waals surface area contributed by atoms with E-state index in [2.05, 4.69) is 15.0 Å². The third-order valence-corrected chi connectivity index (χ3v) is 6.23. The molecule has 7 nitrogen and oxygen atoms in total. The summed E-state index contributed by atoms with van der Waals surface area (Å²) in [5.74, 6) is -0.150. The Kier molecular flexibility index (Phi) is 4.52. The first kappa shape index (κ1) is 18.4. The fourth-order valence-electron chi connectivity index (χ4n) is 3.33.